The van der Waals surface area contributed by atoms with E-state index in [-0.39, 0.29) is 0 Å². The molecule has 0 aromatic carbocycles. The van der Waals surface area contributed by atoms with Gasteiger partial charge in [-0.15, -0.1) is 0 Å². The number of piperidine rings is 1. The summed E-state index contributed by atoms with van der Waals surface area (Å²) < 4.78 is 30.6. The van der Waals surface area contributed by atoms with Crippen LogP contribution in [0.5, 0.6) is 0 Å². The van der Waals surface area contributed by atoms with Crippen LogP contribution in [0.1, 0.15) is 26.2 Å². The molecule has 0 aromatic heterocycles. The standard InChI is InChI=1S/C7H16N.C4H8O3S/c1-8(2)6-4-3-5-7-8;1-2-3-4-8(5,6)7/h3-7H2,1-2H3;2-3H,4H2,1H3,(H,5,6,7)/q+1;/p-1. The Morgan fingerprint density at radius 2 is 1.69 bits per heavy atom. The largest absolute Gasteiger partial charge is 0.748 e. The summed E-state index contributed by atoms with van der Waals surface area (Å²) in [5, 5.41) is 0. The average molecular weight is 249 g/mol. The van der Waals surface area contributed by atoms with Gasteiger partial charge in [0.25, 0.3) is 0 Å². The number of likely N-dealkylation sites (tertiary alicyclic amines) is 1. The van der Waals surface area contributed by atoms with Crippen molar-refractivity contribution in [3.05, 3.63) is 12.2 Å². The van der Waals surface area contributed by atoms with Crippen molar-refractivity contribution >= 4 is 10.1 Å². The lowest BCUT2D eigenvalue weighted by Gasteiger charge is -2.33. The Bertz CT molecular complexity index is 299. The van der Waals surface area contributed by atoms with Gasteiger partial charge in [0, 0.05) is 0 Å². The zero-order chi connectivity index (χ0) is 12.7. The third-order valence-corrected chi connectivity index (χ3v) is 3.16. The second-order valence-electron chi connectivity index (χ2n) is 4.74. The third kappa shape index (κ3) is 10.1. The summed E-state index contributed by atoms with van der Waals surface area (Å²) >= 11 is 0. The molecular weight excluding hydrogens is 226 g/mol. The van der Waals surface area contributed by atoms with E-state index in [4.69, 9.17) is 0 Å². The van der Waals surface area contributed by atoms with Crippen LogP contribution < -0.4 is 0 Å². The first-order chi connectivity index (χ1) is 7.27. The van der Waals surface area contributed by atoms with Crippen LogP contribution in [0.25, 0.3) is 0 Å². The summed E-state index contributed by atoms with van der Waals surface area (Å²) in [4.78, 5) is 0. The summed E-state index contributed by atoms with van der Waals surface area (Å²) in [6.07, 6.45) is 7.17. The minimum atomic E-state index is -4.02. The van der Waals surface area contributed by atoms with E-state index in [2.05, 4.69) is 14.1 Å². The molecule has 1 fully saturated rings. The quantitative estimate of drug-likeness (QED) is 0.422. The van der Waals surface area contributed by atoms with Gasteiger partial charge in [0.1, 0.15) is 0 Å². The lowest BCUT2D eigenvalue weighted by Crippen LogP contribution is -2.43. The Kier molecular flexibility index (Phi) is 6.87. The van der Waals surface area contributed by atoms with Gasteiger partial charge >= 0.3 is 0 Å². The Morgan fingerprint density at radius 3 is 1.88 bits per heavy atom. The molecule has 0 N–H and O–H groups in total. The maximum absolute atomic E-state index is 9.78. The molecule has 1 aliphatic heterocycles. The first kappa shape index (κ1) is 15.6. The molecule has 1 aliphatic rings. The fourth-order valence-electron chi connectivity index (χ4n) is 1.58. The summed E-state index contributed by atoms with van der Waals surface area (Å²) in [6, 6.07) is 0. The normalized spacial score (nSPS) is 20.2. The van der Waals surface area contributed by atoms with Crippen LogP contribution in [0.4, 0.5) is 0 Å². The third-order valence-electron chi connectivity index (χ3n) is 2.56. The van der Waals surface area contributed by atoms with Gasteiger partial charge in [-0.3, -0.25) is 0 Å². The average Bonchev–Trinajstić information content (AvgIpc) is 2.14. The first-order valence-electron chi connectivity index (χ1n) is 5.63. The maximum Gasteiger partial charge on any atom is 0.0982 e. The van der Waals surface area contributed by atoms with Crippen LogP contribution >= 0.6 is 0 Å². The van der Waals surface area contributed by atoms with Gasteiger partial charge in [0.2, 0.25) is 0 Å². The van der Waals surface area contributed by atoms with E-state index in [0.717, 1.165) is 0 Å². The molecule has 1 saturated heterocycles. The first-order valence-corrected chi connectivity index (χ1v) is 7.21. The number of nitrogens with zero attached hydrogens (tertiary/aromatic N) is 1. The molecular formula is C11H23NO3S. The van der Waals surface area contributed by atoms with Crippen LogP contribution in [0, 0.1) is 0 Å². The Labute approximate surface area is 99.3 Å². The van der Waals surface area contributed by atoms with Crippen molar-refractivity contribution < 1.29 is 17.5 Å². The number of quaternary nitrogens is 1. The lowest BCUT2D eigenvalue weighted by atomic mass is 10.1. The van der Waals surface area contributed by atoms with Crippen molar-refractivity contribution in [2.75, 3.05) is 32.9 Å². The molecule has 0 unspecified atom stereocenters. The van der Waals surface area contributed by atoms with Crippen molar-refractivity contribution in [2.24, 2.45) is 0 Å². The molecule has 0 bridgehead atoms. The summed E-state index contributed by atoms with van der Waals surface area (Å²) in [7, 11) is 0.614. The van der Waals surface area contributed by atoms with Crippen molar-refractivity contribution in [2.45, 2.75) is 26.2 Å². The van der Waals surface area contributed by atoms with Crippen LogP contribution in [0.15, 0.2) is 12.2 Å². The van der Waals surface area contributed by atoms with E-state index in [1.807, 2.05) is 0 Å². The van der Waals surface area contributed by atoms with Crippen molar-refractivity contribution in [3.63, 3.8) is 0 Å². The van der Waals surface area contributed by atoms with Gasteiger partial charge in [0.15, 0.2) is 0 Å². The molecule has 1 rings (SSSR count). The highest BCUT2D eigenvalue weighted by Crippen LogP contribution is 2.12. The fourth-order valence-corrected chi connectivity index (χ4v) is 2.01. The van der Waals surface area contributed by atoms with Gasteiger partial charge in [-0.05, 0) is 26.2 Å². The lowest BCUT2D eigenvalue weighted by molar-refractivity contribution is -0.894. The smallest absolute Gasteiger partial charge is 0.0982 e. The monoisotopic (exact) mass is 249 g/mol. The second kappa shape index (κ2) is 7.04. The zero-order valence-electron chi connectivity index (χ0n) is 10.5. The molecule has 1 heterocycles. The molecule has 0 saturated carbocycles. The van der Waals surface area contributed by atoms with Gasteiger partial charge in [0.05, 0.1) is 43.1 Å². The van der Waals surface area contributed by atoms with Crippen LogP contribution in [-0.4, -0.2) is 50.4 Å². The number of hydrogen-bond donors (Lipinski definition) is 0. The molecule has 96 valence electrons. The van der Waals surface area contributed by atoms with E-state index >= 15 is 0 Å². The molecule has 0 aromatic rings. The van der Waals surface area contributed by atoms with E-state index < -0.39 is 15.9 Å². The number of hydrogen-bond acceptors (Lipinski definition) is 3. The topological polar surface area (TPSA) is 57.2 Å². The summed E-state index contributed by atoms with van der Waals surface area (Å²) in [5.74, 6) is -0.399. The molecule has 0 amide bonds. The van der Waals surface area contributed by atoms with Crippen molar-refractivity contribution in [1.29, 1.82) is 0 Å². The molecule has 4 nitrogen and oxygen atoms in total. The number of allylic oxidation sites excluding steroid dienone is 1. The van der Waals surface area contributed by atoms with Crippen molar-refractivity contribution in [1.82, 2.24) is 0 Å². The SMILES string of the molecule is CC=CCS(=O)(=O)[O-].C[N+]1(C)CCCCC1. The molecule has 5 heteroatoms. The van der Waals surface area contributed by atoms with Gasteiger partial charge in [-0.2, -0.15) is 0 Å². The number of rotatable bonds is 2. The summed E-state index contributed by atoms with van der Waals surface area (Å²) in [5.41, 5.74) is 0. The predicted molar refractivity (Wildman–Crippen MR) is 65.1 cm³/mol. The highest BCUT2D eigenvalue weighted by atomic mass is 32.2. The molecule has 0 spiro atoms. The van der Waals surface area contributed by atoms with Crippen LogP contribution in [-0.2, 0) is 10.1 Å². The zero-order valence-corrected chi connectivity index (χ0v) is 11.3. The van der Waals surface area contributed by atoms with E-state index in [9.17, 15) is 13.0 Å². The van der Waals surface area contributed by atoms with E-state index in [1.54, 1.807) is 6.92 Å². The summed E-state index contributed by atoms with van der Waals surface area (Å²) in [6.45, 7) is 4.44. The van der Waals surface area contributed by atoms with E-state index in [0.29, 0.717) is 0 Å². The highest BCUT2D eigenvalue weighted by molar-refractivity contribution is 7.85. The van der Waals surface area contributed by atoms with Crippen molar-refractivity contribution in [3.8, 4) is 0 Å². The Morgan fingerprint density at radius 1 is 1.19 bits per heavy atom. The van der Waals surface area contributed by atoms with Crippen LogP contribution in [0.2, 0.25) is 0 Å². The maximum atomic E-state index is 9.78. The Balaban J connectivity index is 0.000000281. The van der Waals surface area contributed by atoms with Gasteiger partial charge in [-0.25, -0.2) is 8.42 Å². The molecule has 16 heavy (non-hydrogen) atoms. The van der Waals surface area contributed by atoms with E-state index in [1.165, 1.54) is 49.0 Å². The molecule has 0 radical (unpaired) electrons. The minimum Gasteiger partial charge on any atom is -0.748 e. The van der Waals surface area contributed by atoms with Gasteiger partial charge in [-0.1, -0.05) is 12.2 Å². The molecule has 0 aliphatic carbocycles. The van der Waals surface area contributed by atoms with Crippen LogP contribution in [0.3, 0.4) is 0 Å². The minimum absolute atomic E-state index is 0.399. The molecule has 0 atom stereocenters. The highest BCUT2D eigenvalue weighted by Gasteiger charge is 2.17. The fraction of sp³-hybridized carbons (Fsp3) is 0.818. The predicted octanol–water partition coefficient (Wildman–Crippen LogP) is 1.35. The second-order valence-corrected chi connectivity index (χ2v) is 6.19. The van der Waals surface area contributed by atoms with Gasteiger partial charge < -0.3 is 9.04 Å². The Hall–Kier alpha value is -0.390.